The van der Waals surface area contributed by atoms with Gasteiger partial charge < -0.3 is 72.2 Å². The number of hydrogen-bond donors (Lipinski definition) is 0. The third kappa shape index (κ3) is 34.6. The molecule has 0 bridgehead atoms. The van der Waals surface area contributed by atoms with E-state index in [4.69, 9.17) is 77.3 Å². The summed E-state index contributed by atoms with van der Waals surface area (Å²) < 4.78 is 116. The molecule has 0 saturated carbocycles. The first kappa shape index (κ1) is 80.6. The van der Waals surface area contributed by atoms with Crippen LogP contribution < -0.4 is 0 Å². The van der Waals surface area contributed by atoms with Gasteiger partial charge in [-0.1, -0.05) is 0 Å². The molecule has 2 aliphatic rings. The van der Waals surface area contributed by atoms with Crippen molar-refractivity contribution in [3.8, 4) is 0 Å². The van der Waals surface area contributed by atoms with Gasteiger partial charge in [0, 0.05) is 0 Å². The summed E-state index contributed by atoms with van der Waals surface area (Å²) in [5.74, 6) is 0. The van der Waals surface area contributed by atoms with Gasteiger partial charge in [-0.15, -0.1) is 5.16 Å². The average molecular weight is 1390 g/mol. The standard InChI is InChI=1S/C54H129NO16Si12/c1-72(2,3)57-39-43-48(66-78(19,20)21)49(67-79(22,23)24)51(69-81(28,29)30)53(59-43)56-38-42-47(65-77(16,17)18)50(68-80(25,26)27)52(70-82(31,32)33)54(60-42)61-45(44(63-75(10,11)12)40-58-73(4,5)6)46(64-76(13,14)15)41(62-74(7,8)9)37-55-71-83(34,35)36/h37,41-54H,38-40H2,1-36H3/b55-37+/t41-,42+,43+,44+,45+,46+,47+,48+,49-,50-,51-,52-,53+,54-/m0/s1. The highest BCUT2D eigenvalue weighted by atomic mass is 28.4. The van der Waals surface area contributed by atoms with E-state index < -0.39 is 186 Å². The molecule has 2 aliphatic heterocycles. The van der Waals surface area contributed by atoms with Crippen molar-refractivity contribution < 1.29 is 72.2 Å². The van der Waals surface area contributed by atoms with Gasteiger partial charge in [-0.3, -0.25) is 0 Å². The van der Waals surface area contributed by atoms with Gasteiger partial charge in [0.1, 0.15) is 67.1 Å². The Labute approximate surface area is 521 Å². The van der Waals surface area contributed by atoms with Crippen LogP contribution in [0, 0.1) is 0 Å². The first-order chi connectivity index (χ1) is 36.6. The topological polar surface area (TPSA) is 160 Å². The second-order valence-electron chi connectivity index (χ2n) is 34.7. The molecule has 29 heteroatoms. The summed E-state index contributed by atoms with van der Waals surface area (Å²) in [4.78, 5) is 0. The number of ether oxygens (including phenoxy) is 4. The van der Waals surface area contributed by atoms with Crippen LogP contribution in [-0.2, 0) is 72.2 Å². The molecule has 494 valence electrons. The van der Waals surface area contributed by atoms with Crippen molar-refractivity contribution in [2.24, 2.45) is 5.16 Å². The monoisotopic (exact) mass is 1380 g/mol. The van der Waals surface area contributed by atoms with Crippen molar-refractivity contribution in [3.05, 3.63) is 0 Å². The van der Waals surface area contributed by atoms with E-state index in [-0.39, 0.29) is 13.2 Å². The fourth-order valence-electron chi connectivity index (χ4n) is 9.13. The Kier molecular flexibility index (Phi) is 29.6. The van der Waals surface area contributed by atoms with E-state index in [0.717, 1.165) is 0 Å². The van der Waals surface area contributed by atoms with E-state index >= 15 is 0 Å². The Bertz CT molecular complexity index is 1960. The van der Waals surface area contributed by atoms with Crippen LogP contribution >= 0.6 is 0 Å². The van der Waals surface area contributed by atoms with Crippen LogP contribution in [0.15, 0.2) is 5.16 Å². The maximum atomic E-state index is 7.91. The summed E-state index contributed by atoms with van der Waals surface area (Å²) in [6, 6.07) is 0. The molecule has 0 radical (unpaired) electrons. The second kappa shape index (κ2) is 30.5. The molecule has 14 atom stereocenters. The maximum absolute atomic E-state index is 7.91. The number of hydrogen-bond acceptors (Lipinski definition) is 17. The molecule has 0 amide bonds. The van der Waals surface area contributed by atoms with E-state index in [1.54, 1.807) is 6.21 Å². The van der Waals surface area contributed by atoms with Gasteiger partial charge in [0.2, 0.25) is 0 Å². The SMILES string of the molecule is C[Si](C)(C)OC[C@H]1O[C@@H](OC[C@H]2O[C@@H](O[C@@H]([C@H](O[Si](C)(C)C)[C@H](/C=N/O[Si](C)(C)C)O[Si](C)(C)C)[C@@H](CO[Si](C)(C)C)O[Si](C)(C)C)[C@@H](O[Si](C)(C)C)[C@@H](O[Si](C)(C)C)[C@@H]2O[Si](C)(C)C)[C@@H](O[Si](C)(C)C)[C@@H](O[Si](C)(C)C)[C@@H]1O[Si](C)(C)C. The van der Waals surface area contributed by atoms with Crippen LogP contribution in [0.4, 0.5) is 0 Å². The number of nitrogens with zero attached hydrogens (tertiary/aromatic N) is 1. The van der Waals surface area contributed by atoms with Crippen LogP contribution in [0.2, 0.25) is 236 Å². The highest BCUT2D eigenvalue weighted by Gasteiger charge is 2.57. The summed E-state index contributed by atoms with van der Waals surface area (Å²) in [6.45, 7) is 79.5. The molecule has 2 heterocycles. The van der Waals surface area contributed by atoms with E-state index in [9.17, 15) is 0 Å². The number of oxime groups is 1. The fraction of sp³-hybridized carbons (Fsp3) is 0.981. The zero-order valence-corrected chi connectivity index (χ0v) is 71.8. The van der Waals surface area contributed by atoms with Gasteiger partial charge in [-0.05, 0) is 236 Å². The largest absolute Gasteiger partial charge is 0.456 e. The normalized spacial score (nSPS) is 27.2. The first-order valence-corrected chi connectivity index (χ1v) is 71.7. The molecule has 0 aliphatic carbocycles. The first-order valence-electron chi connectivity index (χ1n) is 30.8. The molecule has 83 heavy (non-hydrogen) atoms. The van der Waals surface area contributed by atoms with Gasteiger partial charge in [0.05, 0.1) is 32.1 Å². The maximum Gasteiger partial charge on any atom is 0.278 e. The van der Waals surface area contributed by atoms with E-state index in [0.29, 0.717) is 6.61 Å². The van der Waals surface area contributed by atoms with Crippen LogP contribution in [0.25, 0.3) is 0 Å². The molecule has 0 spiro atoms. The van der Waals surface area contributed by atoms with Crippen LogP contribution in [0.5, 0.6) is 0 Å². The van der Waals surface area contributed by atoms with Crippen molar-refractivity contribution in [1.82, 2.24) is 0 Å². The lowest BCUT2D eigenvalue weighted by atomic mass is 9.98. The lowest BCUT2D eigenvalue weighted by Gasteiger charge is -2.53. The average Bonchev–Trinajstić information content (AvgIpc) is 3.18. The Hall–Kier alpha value is 1.47. The van der Waals surface area contributed by atoms with Gasteiger partial charge in [-0.25, -0.2) is 0 Å². The van der Waals surface area contributed by atoms with Crippen LogP contribution in [0.1, 0.15) is 0 Å². The Morgan fingerprint density at radius 2 is 0.687 bits per heavy atom. The summed E-state index contributed by atoms with van der Waals surface area (Å²) in [7, 11) is -27.7. The third-order valence-corrected chi connectivity index (χ3v) is 22.8. The van der Waals surface area contributed by atoms with Crippen molar-refractivity contribution in [2.45, 2.75) is 322 Å². The van der Waals surface area contributed by atoms with Gasteiger partial charge >= 0.3 is 0 Å². The molecule has 0 aromatic carbocycles. The summed E-state index contributed by atoms with van der Waals surface area (Å²) >= 11 is 0. The molecule has 0 N–H and O–H groups in total. The molecule has 2 saturated heterocycles. The smallest absolute Gasteiger partial charge is 0.278 e. The van der Waals surface area contributed by atoms with Crippen LogP contribution in [-0.4, -0.2) is 212 Å². The van der Waals surface area contributed by atoms with Crippen molar-refractivity contribution in [1.29, 1.82) is 0 Å². The highest BCUT2D eigenvalue weighted by Crippen LogP contribution is 2.40. The zero-order valence-electron chi connectivity index (χ0n) is 59.8. The predicted molar refractivity (Wildman–Crippen MR) is 374 cm³/mol. The van der Waals surface area contributed by atoms with Gasteiger partial charge in [0.15, 0.2) is 104 Å². The molecule has 2 rings (SSSR count). The molecule has 0 aromatic rings. The lowest BCUT2D eigenvalue weighted by molar-refractivity contribution is -0.334. The third-order valence-electron chi connectivity index (χ3n) is 11.2. The highest BCUT2D eigenvalue weighted by molar-refractivity contribution is 6.73. The molecular weight excluding hydrogens is 1260 g/mol. The van der Waals surface area contributed by atoms with E-state index in [2.05, 4.69) is 236 Å². The van der Waals surface area contributed by atoms with Gasteiger partial charge in [-0.2, -0.15) is 0 Å². The molecule has 2 fully saturated rings. The van der Waals surface area contributed by atoms with Crippen molar-refractivity contribution in [3.63, 3.8) is 0 Å². The summed E-state index contributed by atoms with van der Waals surface area (Å²) in [5.41, 5.74) is 0. The van der Waals surface area contributed by atoms with Crippen molar-refractivity contribution in [2.75, 3.05) is 19.8 Å². The van der Waals surface area contributed by atoms with E-state index in [1.807, 2.05) is 0 Å². The Balaban J connectivity index is 3.29. The minimum atomic E-state index is -2.47. The second-order valence-corrected chi connectivity index (χ2v) is 88.2. The van der Waals surface area contributed by atoms with E-state index in [1.165, 1.54) is 0 Å². The van der Waals surface area contributed by atoms with Crippen molar-refractivity contribution >= 4 is 106 Å². The Morgan fingerprint density at radius 1 is 0.337 bits per heavy atom. The minimum absolute atomic E-state index is 0.0202. The molecular formula is C54H129NO16Si12. The summed E-state index contributed by atoms with van der Waals surface area (Å²) in [5, 5.41) is 4.69. The fourth-order valence-corrected chi connectivity index (χ4v) is 20.5. The quantitative estimate of drug-likeness (QED) is 0.0335. The van der Waals surface area contributed by atoms with Gasteiger partial charge in [0.25, 0.3) is 8.32 Å². The summed E-state index contributed by atoms with van der Waals surface area (Å²) in [6.07, 6.45) is -8.18. The predicted octanol–water partition coefficient (Wildman–Crippen LogP) is 14.4. The Morgan fingerprint density at radius 3 is 1.05 bits per heavy atom. The minimum Gasteiger partial charge on any atom is -0.456 e. The number of rotatable bonds is 35. The molecule has 0 aromatic heterocycles. The molecule has 0 unspecified atom stereocenters. The molecule has 17 nitrogen and oxygen atoms in total. The zero-order chi connectivity index (χ0) is 64.9. The van der Waals surface area contributed by atoms with Crippen LogP contribution in [0.3, 0.4) is 0 Å². The lowest BCUT2D eigenvalue weighted by Crippen LogP contribution is -2.69.